The minimum Gasteiger partial charge on any atom is -0.434 e. The number of nitrogens with zero attached hydrogens (tertiary/aromatic N) is 1. The Balaban J connectivity index is 2.40. The van der Waals surface area contributed by atoms with E-state index < -0.39 is 11.6 Å². The Morgan fingerprint density at radius 3 is 2.61 bits per heavy atom. The van der Waals surface area contributed by atoms with E-state index in [0.29, 0.717) is 23.1 Å². The van der Waals surface area contributed by atoms with Gasteiger partial charge in [-0.3, -0.25) is 0 Å². The number of ether oxygens (including phenoxy) is 1. The average Bonchev–Trinajstić information content (AvgIpc) is 2.25. The number of rotatable bonds is 2. The number of aryl methyl sites for hydroxylation is 1. The highest BCUT2D eigenvalue weighted by Gasteiger charge is 2.12. The van der Waals surface area contributed by atoms with Crippen molar-refractivity contribution in [3.63, 3.8) is 0 Å². The minimum atomic E-state index is -0.878. The molecule has 1 heterocycles. The summed E-state index contributed by atoms with van der Waals surface area (Å²) in [6.45, 7) is 1.76. The maximum absolute atomic E-state index is 13.4. The summed E-state index contributed by atoms with van der Waals surface area (Å²) in [4.78, 5) is 3.54. The number of hydrogen-bond acceptors (Lipinski definition) is 3. The van der Waals surface area contributed by atoms with Gasteiger partial charge in [-0.15, -0.1) is 0 Å². The van der Waals surface area contributed by atoms with Crippen LogP contribution in [0.25, 0.3) is 0 Å². The van der Waals surface area contributed by atoms with Gasteiger partial charge in [0.05, 0.1) is 11.9 Å². The summed E-state index contributed by atoms with van der Waals surface area (Å²) in [7, 11) is 0. The monoisotopic (exact) mass is 314 g/mol. The smallest absolute Gasteiger partial charge is 0.256 e. The van der Waals surface area contributed by atoms with Crippen LogP contribution in [0.2, 0.25) is 0 Å². The lowest BCUT2D eigenvalue weighted by Gasteiger charge is -2.11. The molecule has 1 aromatic heterocycles. The maximum Gasteiger partial charge on any atom is 0.256 e. The van der Waals surface area contributed by atoms with Gasteiger partial charge in [-0.2, -0.15) is 0 Å². The third-order valence-electron chi connectivity index (χ3n) is 2.24. The van der Waals surface area contributed by atoms with Crippen LogP contribution in [0.15, 0.2) is 28.9 Å². The van der Waals surface area contributed by atoms with Crippen molar-refractivity contribution in [2.45, 2.75) is 6.92 Å². The first-order valence-electron chi connectivity index (χ1n) is 5.02. The van der Waals surface area contributed by atoms with E-state index in [4.69, 9.17) is 10.5 Å². The number of anilines is 1. The summed E-state index contributed by atoms with van der Waals surface area (Å²) >= 11 is 3.28. The minimum absolute atomic E-state index is 0.302. The summed E-state index contributed by atoms with van der Waals surface area (Å²) in [6.07, 6.45) is 0.878. The molecule has 0 aliphatic rings. The molecule has 0 saturated heterocycles. The van der Waals surface area contributed by atoms with E-state index in [1.165, 1.54) is 0 Å². The first-order valence-corrected chi connectivity index (χ1v) is 5.81. The van der Waals surface area contributed by atoms with Crippen molar-refractivity contribution in [3.05, 3.63) is 46.1 Å². The van der Waals surface area contributed by atoms with E-state index in [-0.39, 0.29) is 5.88 Å². The number of nitrogen functional groups attached to an aromatic ring is 1. The molecule has 6 heteroatoms. The Bertz CT molecular complexity index is 582. The lowest BCUT2D eigenvalue weighted by atomic mass is 10.2. The van der Waals surface area contributed by atoms with Crippen molar-refractivity contribution >= 4 is 21.6 Å². The van der Waals surface area contributed by atoms with Crippen LogP contribution >= 0.6 is 15.9 Å². The van der Waals surface area contributed by atoms with Gasteiger partial charge in [-0.1, -0.05) is 15.9 Å². The van der Waals surface area contributed by atoms with Crippen molar-refractivity contribution in [1.29, 1.82) is 0 Å². The largest absolute Gasteiger partial charge is 0.434 e. The zero-order chi connectivity index (χ0) is 13.3. The summed E-state index contributed by atoms with van der Waals surface area (Å²) in [6, 6.07) is 4.10. The molecule has 94 valence electrons. The van der Waals surface area contributed by atoms with Crippen molar-refractivity contribution in [2.24, 2.45) is 0 Å². The number of nitrogens with two attached hydrogens (primary N) is 1. The van der Waals surface area contributed by atoms with Crippen molar-refractivity contribution in [1.82, 2.24) is 4.98 Å². The molecule has 2 rings (SSSR count). The summed E-state index contributed by atoms with van der Waals surface area (Å²) in [5.41, 5.74) is 6.83. The molecule has 0 unspecified atom stereocenters. The fourth-order valence-electron chi connectivity index (χ4n) is 1.47. The first-order chi connectivity index (χ1) is 8.47. The van der Waals surface area contributed by atoms with E-state index in [0.717, 1.165) is 10.7 Å². The van der Waals surface area contributed by atoms with Crippen LogP contribution in [0.1, 0.15) is 5.56 Å². The zero-order valence-corrected chi connectivity index (χ0v) is 11.0. The van der Waals surface area contributed by atoms with Gasteiger partial charge in [0.15, 0.2) is 11.6 Å². The number of pyridine rings is 1. The summed E-state index contributed by atoms with van der Waals surface area (Å²) in [5.74, 6) is -1.65. The van der Waals surface area contributed by atoms with Crippen molar-refractivity contribution in [2.75, 3.05) is 5.73 Å². The molecule has 0 aliphatic heterocycles. The van der Waals surface area contributed by atoms with Gasteiger partial charge in [0.2, 0.25) is 0 Å². The van der Waals surface area contributed by atoms with Crippen LogP contribution in [0.3, 0.4) is 0 Å². The molecule has 0 atom stereocenters. The summed E-state index contributed by atoms with van der Waals surface area (Å²) < 4.78 is 32.2. The van der Waals surface area contributed by atoms with Crippen LogP contribution in [-0.4, -0.2) is 4.98 Å². The predicted octanol–water partition coefficient (Wildman–Crippen LogP) is 3.81. The van der Waals surface area contributed by atoms with Crippen LogP contribution in [0.5, 0.6) is 11.6 Å². The number of halogens is 3. The molecule has 0 fully saturated rings. The highest BCUT2D eigenvalue weighted by Crippen LogP contribution is 2.33. The van der Waals surface area contributed by atoms with E-state index >= 15 is 0 Å². The second-order valence-corrected chi connectivity index (χ2v) is 4.60. The van der Waals surface area contributed by atoms with Crippen molar-refractivity contribution in [3.8, 4) is 11.6 Å². The fourth-order valence-corrected chi connectivity index (χ4v) is 2.06. The quantitative estimate of drug-likeness (QED) is 0.858. The Morgan fingerprint density at radius 2 is 2.00 bits per heavy atom. The van der Waals surface area contributed by atoms with Gasteiger partial charge >= 0.3 is 0 Å². The van der Waals surface area contributed by atoms with E-state index in [9.17, 15) is 8.78 Å². The SMILES string of the molecule is Cc1cc(Br)cc(N)c1Oc1ncc(F)cc1F. The molecule has 3 nitrogen and oxygen atoms in total. The third-order valence-corrected chi connectivity index (χ3v) is 2.70. The van der Waals surface area contributed by atoms with Gasteiger partial charge in [0.25, 0.3) is 5.88 Å². The summed E-state index contributed by atoms with van der Waals surface area (Å²) in [5, 5.41) is 0. The van der Waals surface area contributed by atoms with Gasteiger partial charge in [-0.05, 0) is 24.6 Å². The highest BCUT2D eigenvalue weighted by atomic mass is 79.9. The molecule has 0 aliphatic carbocycles. The van der Waals surface area contributed by atoms with Crippen LogP contribution in [0, 0.1) is 18.6 Å². The average molecular weight is 315 g/mol. The van der Waals surface area contributed by atoms with E-state index in [1.54, 1.807) is 19.1 Å². The predicted molar refractivity (Wildman–Crippen MR) is 67.5 cm³/mol. The molecule has 0 saturated carbocycles. The van der Waals surface area contributed by atoms with E-state index in [2.05, 4.69) is 20.9 Å². The third kappa shape index (κ3) is 2.59. The van der Waals surface area contributed by atoms with Crippen LogP contribution in [0.4, 0.5) is 14.5 Å². The molecule has 0 bridgehead atoms. The molecule has 0 radical (unpaired) electrons. The zero-order valence-electron chi connectivity index (χ0n) is 9.38. The highest BCUT2D eigenvalue weighted by molar-refractivity contribution is 9.10. The Morgan fingerprint density at radius 1 is 1.28 bits per heavy atom. The molecule has 18 heavy (non-hydrogen) atoms. The molecular formula is C12H9BrF2N2O. The first kappa shape index (κ1) is 12.8. The molecule has 0 spiro atoms. The van der Waals surface area contributed by atoms with Crippen LogP contribution in [-0.2, 0) is 0 Å². The second-order valence-electron chi connectivity index (χ2n) is 3.68. The van der Waals surface area contributed by atoms with Crippen molar-refractivity contribution < 1.29 is 13.5 Å². The van der Waals surface area contributed by atoms with Gasteiger partial charge in [-0.25, -0.2) is 13.8 Å². The molecule has 2 aromatic rings. The second kappa shape index (κ2) is 4.89. The Labute approximate surface area is 111 Å². The maximum atomic E-state index is 13.4. The van der Waals surface area contributed by atoms with Gasteiger partial charge < -0.3 is 10.5 Å². The van der Waals surface area contributed by atoms with E-state index in [1.807, 2.05) is 0 Å². The lowest BCUT2D eigenvalue weighted by Crippen LogP contribution is -1.98. The van der Waals surface area contributed by atoms with Crippen LogP contribution < -0.4 is 10.5 Å². The van der Waals surface area contributed by atoms with Gasteiger partial charge in [0, 0.05) is 10.5 Å². The number of benzene rings is 1. The molecule has 1 aromatic carbocycles. The molecule has 2 N–H and O–H groups in total. The molecule has 0 amide bonds. The Hall–Kier alpha value is -1.69. The normalized spacial score (nSPS) is 10.4. The lowest BCUT2D eigenvalue weighted by molar-refractivity contribution is 0.416. The number of aromatic nitrogens is 1. The Kier molecular flexibility index (Phi) is 3.47. The fraction of sp³-hybridized carbons (Fsp3) is 0.0833. The topological polar surface area (TPSA) is 48.1 Å². The molecular weight excluding hydrogens is 306 g/mol. The van der Waals surface area contributed by atoms with Gasteiger partial charge in [0.1, 0.15) is 5.82 Å². The standard InChI is InChI=1S/C12H9BrF2N2O/c1-6-2-7(13)3-10(16)11(6)18-12-9(15)4-8(14)5-17-12/h2-5H,16H2,1H3. The number of hydrogen-bond donors (Lipinski definition) is 1.